The molecule has 0 fully saturated rings. The summed E-state index contributed by atoms with van der Waals surface area (Å²) in [7, 11) is 0. The van der Waals surface area contributed by atoms with Crippen LogP contribution in [0.2, 0.25) is 0 Å². The van der Waals surface area contributed by atoms with Crippen LogP contribution in [0.5, 0.6) is 11.5 Å². The second kappa shape index (κ2) is 16.8. The van der Waals surface area contributed by atoms with Crippen molar-refractivity contribution in [2.75, 3.05) is 0 Å². The first kappa shape index (κ1) is 41.5. The minimum absolute atomic E-state index is 0. The molecule has 6 rings (SSSR count). The Labute approximate surface area is 325 Å². The van der Waals surface area contributed by atoms with E-state index in [1.165, 1.54) is 5.56 Å². The summed E-state index contributed by atoms with van der Waals surface area (Å²) in [5.74, 6) is 0.288. The molecule has 1 N–H and O–H groups in total. The number of hydrogen-bond donors (Lipinski definition) is 1. The number of benzene rings is 4. The van der Waals surface area contributed by atoms with Crippen molar-refractivity contribution in [3.63, 3.8) is 0 Å². The molecule has 0 saturated heterocycles. The first-order chi connectivity index (χ1) is 24.6. The number of carbonyl (C=O) groups is 1. The maximum Gasteiger partial charge on any atom is 0.242 e. The van der Waals surface area contributed by atoms with Gasteiger partial charge in [-0.25, -0.2) is 20.3 Å². The van der Waals surface area contributed by atoms with Gasteiger partial charge in [-0.05, 0) is 48.1 Å². The van der Waals surface area contributed by atoms with Gasteiger partial charge in [-0.15, -0.1) is 17.5 Å². The number of ketones is 1. The average Bonchev–Trinajstić information content (AvgIpc) is 3.09. The van der Waals surface area contributed by atoms with Crippen LogP contribution >= 0.6 is 0 Å². The number of nitrogens with zero attached hydrogens (tertiary/aromatic N) is 3. The van der Waals surface area contributed by atoms with Crippen molar-refractivity contribution in [1.29, 1.82) is 0 Å². The van der Waals surface area contributed by atoms with Gasteiger partial charge in [-0.2, -0.15) is 0 Å². The van der Waals surface area contributed by atoms with Crippen molar-refractivity contribution in [2.45, 2.75) is 99.5 Å². The average molecular weight is 897 g/mol. The van der Waals surface area contributed by atoms with Gasteiger partial charge >= 0.3 is 0 Å². The predicted octanol–water partition coefficient (Wildman–Crippen LogP) is 12.4. The third-order valence-corrected chi connectivity index (χ3v) is 9.79. The first-order valence-corrected chi connectivity index (χ1v) is 18.1. The van der Waals surface area contributed by atoms with E-state index in [9.17, 15) is 18.7 Å². The SMILES string of the molecule is CCC(CC(F)F)C(=O)/C=C(\O)C(CC)CC.[C-]#[N+]C(C)(C)c1c2c([c-]c3ccccc13)-c1ncnc3c1c(cc1cc(CC(C)(C)C)ccc13)O2.[Ir]. The number of halogens is 2. The second-order valence-corrected chi connectivity index (χ2v) is 15.4. The molecule has 9 heteroatoms. The van der Waals surface area contributed by atoms with E-state index in [1.807, 2.05) is 52.0 Å². The number of allylic oxidation sites excluding steroid dienone is 2. The smallest absolute Gasteiger partial charge is 0.242 e. The molecule has 0 aliphatic carbocycles. The van der Waals surface area contributed by atoms with Crippen molar-refractivity contribution >= 4 is 38.2 Å². The van der Waals surface area contributed by atoms with E-state index < -0.39 is 30.1 Å². The molecule has 4 aromatic carbocycles. The zero-order chi connectivity index (χ0) is 38.0. The minimum Gasteiger partial charge on any atom is -0.512 e. The maximum atomic E-state index is 12.2. The number of carbonyl (C=O) groups excluding carboxylic acids is 1. The molecule has 1 aliphatic heterocycles. The van der Waals surface area contributed by atoms with E-state index in [1.54, 1.807) is 13.3 Å². The molecule has 281 valence electrons. The van der Waals surface area contributed by atoms with Gasteiger partial charge in [0.2, 0.25) is 12.0 Å². The van der Waals surface area contributed by atoms with Crippen LogP contribution in [0.15, 0.2) is 66.7 Å². The molecule has 6 nitrogen and oxygen atoms in total. The standard InChI is InChI=1S/C31H26N3O.C13H22F2O2.Ir/c1-30(2,3)16-18-11-12-22-20(13-18)15-24-25-27(22)33-17-34-28(25)23-14-19-9-7-8-10-21(19)26(29(23)35-24)31(4,5)32-6;1-4-9(5-2)11(16)8-12(17)10(6-3)7-13(14)15;/h7-13,15,17H,16H2,1-5H3;8-10,13,16H,4-7H2,1-3H3;/q-1;;/b;11-8-;. The Bertz CT molecular complexity index is 2200. The van der Waals surface area contributed by atoms with Crippen LogP contribution in [0.4, 0.5) is 8.78 Å². The monoisotopic (exact) mass is 897 g/mol. The number of fused-ring (bicyclic) bond motifs is 5. The Morgan fingerprint density at radius 3 is 2.28 bits per heavy atom. The van der Waals surface area contributed by atoms with Crippen LogP contribution in [0, 0.1) is 29.9 Å². The van der Waals surface area contributed by atoms with E-state index in [0.29, 0.717) is 12.2 Å². The van der Waals surface area contributed by atoms with Gasteiger partial charge in [0.1, 0.15) is 12.1 Å². The molecule has 5 aromatic rings. The van der Waals surface area contributed by atoms with Crippen molar-refractivity contribution in [3.05, 3.63) is 95.3 Å². The fraction of sp³-hybridized carbons (Fsp3) is 0.409. The molecule has 1 aromatic heterocycles. The van der Waals surface area contributed by atoms with Crippen LogP contribution in [0.1, 0.15) is 92.2 Å². The number of aromatic nitrogens is 2. The molecule has 1 radical (unpaired) electrons. The molecule has 0 saturated carbocycles. The Kier molecular flexibility index (Phi) is 13.2. The summed E-state index contributed by atoms with van der Waals surface area (Å²) in [5, 5.41) is 14.7. The molecule has 1 atom stereocenters. The van der Waals surface area contributed by atoms with E-state index >= 15 is 0 Å². The van der Waals surface area contributed by atoms with Gasteiger partial charge in [-0.3, -0.25) is 9.78 Å². The number of rotatable bonds is 10. The third-order valence-electron chi connectivity index (χ3n) is 9.79. The van der Waals surface area contributed by atoms with Gasteiger partial charge in [0.25, 0.3) is 0 Å². The van der Waals surface area contributed by atoms with Crippen molar-refractivity contribution in [1.82, 2.24) is 9.97 Å². The summed E-state index contributed by atoms with van der Waals surface area (Å²) >= 11 is 0. The van der Waals surface area contributed by atoms with E-state index in [2.05, 4.69) is 60.9 Å². The van der Waals surface area contributed by atoms with Gasteiger partial charge in [0, 0.05) is 80.3 Å². The van der Waals surface area contributed by atoms with Gasteiger partial charge in [0.05, 0.1) is 17.0 Å². The summed E-state index contributed by atoms with van der Waals surface area (Å²) in [4.78, 5) is 25.1. The summed E-state index contributed by atoms with van der Waals surface area (Å²) in [5.41, 5.74) is 4.05. The van der Waals surface area contributed by atoms with Crippen molar-refractivity contribution in [2.24, 2.45) is 17.3 Å². The Morgan fingerprint density at radius 2 is 1.66 bits per heavy atom. The zero-order valence-corrected chi connectivity index (χ0v) is 34.1. The van der Waals surface area contributed by atoms with Crippen LogP contribution in [-0.2, 0) is 36.9 Å². The van der Waals surface area contributed by atoms with Gasteiger partial charge < -0.3 is 14.7 Å². The van der Waals surface area contributed by atoms with E-state index in [4.69, 9.17) is 16.3 Å². The number of aliphatic hydroxyl groups excluding tert-OH is 1. The van der Waals surface area contributed by atoms with Crippen LogP contribution in [0.25, 0.3) is 48.6 Å². The molecular weight excluding hydrogens is 849 g/mol. The molecule has 0 bridgehead atoms. The van der Waals surface area contributed by atoms with Crippen LogP contribution < -0.4 is 4.74 Å². The van der Waals surface area contributed by atoms with Crippen LogP contribution in [-0.4, -0.2) is 27.3 Å². The largest absolute Gasteiger partial charge is 0.512 e. The normalized spacial score (nSPS) is 13.2. The fourth-order valence-corrected chi connectivity index (χ4v) is 7.05. The second-order valence-electron chi connectivity index (χ2n) is 15.4. The number of hydrogen-bond acceptors (Lipinski definition) is 5. The quantitative estimate of drug-likeness (QED) is 0.0641. The Morgan fingerprint density at radius 1 is 0.981 bits per heavy atom. The summed E-state index contributed by atoms with van der Waals surface area (Å²) in [6.07, 6.45) is 2.68. The van der Waals surface area contributed by atoms with E-state index in [-0.39, 0.29) is 37.2 Å². The van der Waals surface area contributed by atoms with Crippen molar-refractivity contribution < 1.29 is 43.5 Å². The Hall–Kier alpha value is -4.25. The number of ether oxygens (including phenoxy) is 1. The summed E-state index contributed by atoms with van der Waals surface area (Å²) < 4.78 is 31.1. The fourth-order valence-electron chi connectivity index (χ4n) is 7.05. The minimum atomic E-state index is -2.48. The molecule has 2 heterocycles. The molecular formula is C44H48F2IrN3O3-. The topological polar surface area (TPSA) is 76.7 Å². The van der Waals surface area contributed by atoms with E-state index in [0.717, 1.165) is 80.4 Å². The van der Waals surface area contributed by atoms with Crippen LogP contribution in [0.3, 0.4) is 0 Å². The Balaban J connectivity index is 0.000000299. The number of aliphatic hydroxyl groups is 1. The summed E-state index contributed by atoms with van der Waals surface area (Å²) in [6, 6.07) is 20.3. The summed E-state index contributed by atoms with van der Waals surface area (Å²) in [6.45, 7) is 24.1. The predicted molar refractivity (Wildman–Crippen MR) is 206 cm³/mol. The first-order valence-electron chi connectivity index (χ1n) is 18.1. The molecule has 0 spiro atoms. The zero-order valence-electron chi connectivity index (χ0n) is 31.7. The molecule has 53 heavy (non-hydrogen) atoms. The maximum absolute atomic E-state index is 12.2. The molecule has 0 amide bonds. The van der Waals surface area contributed by atoms with Gasteiger partial charge in [-0.1, -0.05) is 88.9 Å². The number of alkyl halides is 2. The third kappa shape index (κ3) is 8.94. The van der Waals surface area contributed by atoms with Gasteiger partial charge in [0.15, 0.2) is 5.78 Å². The van der Waals surface area contributed by atoms with Crippen molar-refractivity contribution in [3.8, 4) is 22.8 Å². The molecule has 1 aliphatic rings. The molecule has 1 unspecified atom stereocenters.